The number of hydrogen-bond acceptors (Lipinski definition) is 2. The van der Waals surface area contributed by atoms with E-state index in [9.17, 15) is 4.79 Å². The molecule has 0 atom stereocenters. The summed E-state index contributed by atoms with van der Waals surface area (Å²) >= 11 is 0. The number of carbonyl (C=O) groups is 1. The zero-order valence-electron chi connectivity index (χ0n) is 10.7. The quantitative estimate of drug-likeness (QED) is 0.729. The van der Waals surface area contributed by atoms with Gasteiger partial charge in [-0.15, -0.1) is 0 Å². The molecule has 16 heavy (non-hydrogen) atoms. The van der Waals surface area contributed by atoms with Crippen LogP contribution in [-0.4, -0.2) is 18.0 Å². The van der Waals surface area contributed by atoms with Crippen LogP contribution in [0.15, 0.2) is 0 Å². The Labute approximate surface area is 99.2 Å². The molecule has 1 rings (SSSR count). The van der Waals surface area contributed by atoms with Crippen molar-refractivity contribution >= 4 is 5.91 Å². The van der Waals surface area contributed by atoms with Gasteiger partial charge in [-0.3, -0.25) is 4.79 Å². The number of nitrogens with two attached hydrogens (primary N) is 1. The Hall–Kier alpha value is -0.570. The summed E-state index contributed by atoms with van der Waals surface area (Å²) in [7, 11) is 0. The molecule has 0 aromatic rings. The minimum Gasteiger partial charge on any atom is -0.370 e. The van der Waals surface area contributed by atoms with Gasteiger partial charge in [0.15, 0.2) is 0 Å². The molecule has 94 valence electrons. The number of nitrogens with one attached hydrogen (secondary N) is 1. The van der Waals surface area contributed by atoms with Gasteiger partial charge in [-0.2, -0.15) is 0 Å². The van der Waals surface area contributed by atoms with Crippen LogP contribution in [0.4, 0.5) is 0 Å². The molecule has 0 aromatic heterocycles. The van der Waals surface area contributed by atoms with E-state index in [-0.39, 0.29) is 11.4 Å². The van der Waals surface area contributed by atoms with Gasteiger partial charge in [0, 0.05) is 12.0 Å². The summed E-state index contributed by atoms with van der Waals surface area (Å²) < 4.78 is 0. The third-order valence-corrected chi connectivity index (χ3v) is 3.82. The number of hydrogen-bond donors (Lipinski definition) is 2. The van der Waals surface area contributed by atoms with E-state index in [1.54, 1.807) is 0 Å². The highest BCUT2D eigenvalue weighted by atomic mass is 16.1. The summed E-state index contributed by atoms with van der Waals surface area (Å²) in [5.74, 6) is 0.694. The van der Waals surface area contributed by atoms with Crippen molar-refractivity contribution < 1.29 is 4.79 Å². The van der Waals surface area contributed by atoms with E-state index in [4.69, 9.17) is 5.73 Å². The molecule has 0 saturated heterocycles. The maximum atomic E-state index is 11.1. The molecule has 0 heterocycles. The van der Waals surface area contributed by atoms with Crippen LogP contribution in [0.2, 0.25) is 0 Å². The van der Waals surface area contributed by atoms with Crippen LogP contribution in [-0.2, 0) is 4.79 Å². The van der Waals surface area contributed by atoms with Crippen molar-refractivity contribution in [2.75, 3.05) is 6.54 Å². The number of carbonyl (C=O) groups excluding carboxylic acids is 1. The molecule has 0 bridgehead atoms. The molecular formula is C13H26N2O. The third kappa shape index (κ3) is 3.78. The molecule has 1 saturated carbocycles. The van der Waals surface area contributed by atoms with Crippen molar-refractivity contribution in [3.05, 3.63) is 0 Å². The Bertz CT molecular complexity index is 220. The van der Waals surface area contributed by atoms with E-state index < -0.39 is 0 Å². The summed E-state index contributed by atoms with van der Waals surface area (Å²) in [4.78, 5) is 11.1. The second-order valence-corrected chi connectivity index (χ2v) is 5.19. The lowest BCUT2D eigenvalue weighted by atomic mass is 9.73. The first-order chi connectivity index (χ1) is 7.62. The van der Waals surface area contributed by atoms with Gasteiger partial charge in [-0.1, -0.05) is 26.7 Å². The van der Waals surface area contributed by atoms with Gasteiger partial charge in [-0.25, -0.2) is 0 Å². The Morgan fingerprint density at radius 1 is 1.38 bits per heavy atom. The SMILES string of the molecule is CCCC1CCC(CC(N)=O)(NCC)CC1. The van der Waals surface area contributed by atoms with Crippen molar-refractivity contribution in [2.24, 2.45) is 11.7 Å². The second kappa shape index (κ2) is 6.24. The van der Waals surface area contributed by atoms with Gasteiger partial charge in [0.1, 0.15) is 0 Å². The molecule has 0 radical (unpaired) electrons. The molecule has 3 heteroatoms. The summed E-state index contributed by atoms with van der Waals surface area (Å²) in [6.45, 7) is 5.27. The van der Waals surface area contributed by atoms with Crippen LogP contribution < -0.4 is 11.1 Å². The molecule has 1 amide bonds. The Kier molecular flexibility index (Phi) is 5.26. The van der Waals surface area contributed by atoms with Gasteiger partial charge in [0.2, 0.25) is 5.91 Å². The lowest BCUT2D eigenvalue weighted by molar-refractivity contribution is -0.119. The van der Waals surface area contributed by atoms with E-state index >= 15 is 0 Å². The lowest BCUT2D eigenvalue weighted by Gasteiger charge is -2.40. The molecule has 0 aromatic carbocycles. The largest absolute Gasteiger partial charge is 0.370 e. The average Bonchev–Trinajstić information content (AvgIpc) is 2.21. The number of rotatable bonds is 6. The van der Waals surface area contributed by atoms with Crippen molar-refractivity contribution in [2.45, 2.75) is 64.3 Å². The monoisotopic (exact) mass is 226 g/mol. The van der Waals surface area contributed by atoms with Gasteiger partial charge in [0.05, 0.1) is 0 Å². The first-order valence-electron chi connectivity index (χ1n) is 6.65. The molecule has 1 aliphatic rings. The van der Waals surface area contributed by atoms with E-state index in [0.717, 1.165) is 25.3 Å². The first kappa shape index (κ1) is 13.5. The topological polar surface area (TPSA) is 55.1 Å². The Morgan fingerprint density at radius 3 is 2.44 bits per heavy atom. The van der Waals surface area contributed by atoms with Crippen molar-refractivity contribution in [3.63, 3.8) is 0 Å². The fourth-order valence-electron chi connectivity index (χ4n) is 3.05. The minimum atomic E-state index is -0.171. The Morgan fingerprint density at radius 2 is 2.00 bits per heavy atom. The zero-order chi connectivity index (χ0) is 12.0. The number of amides is 1. The average molecular weight is 226 g/mol. The van der Waals surface area contributed by atoms with Gasteiger partial charge in [-0.05, 0) is 38.1 Å². The van der Waals surface area contributed by atoms with Crippen molar-refractivity contribution in [1.29, 1.82) is 0 Å². The van der Waals surface area contributed by atoms with Gasteiger partial charge in [0.25, 0.3) is 0 Å². The van der Waals surface area contributed by atoms with Crippen LogP contribution in [0.1, 0.15) is 58.8 Å². The standard InChI is InChI=1S/C13H26N2O/c1-3-5-11-6-8-13(9-7-11,15-4-2)10-12(14)16/h11,15H,3-10H2,1-2H3,(H2,14,16). The molecule has 0 spiro atoms. The zero-order valence-corrected chi connectivity index (χ0v) is 10.7. The van der Waals surface area contributed by atoms with E-state index in [1.165, 1.54) is 25.7 Å². The highest BCUT2D eigenvalue weighted by Crippen LogP contribution is 2.36. The predicted molar refractivity (Wildman–Crippen MR) is 67.1 cm³/mol. The Balaban J connectivity index is 2.51. The normalized spacial score (nSPS) is 30.2. The van der Waals surface area contributed by atoms with Crippen LogP contribution in [0.3, 0.4) is 0 Å². The smallest absolute Gasteiger partial charge is 0.219 e. The van der Waals surface area contributed by atoms with Crippen LogP contribution in [0.25, 0.3) is 0 Å². The summed E-state index contributed by atoms with van der Waals surface area (Å²) in [5, 5.41) is 3.49. The van der Waals surface area contributed by atoms with E-state index in [1.807, 2.05) is 0 Å². The molecule has 1 aliphatic carbocycles. The van der Waals surface area contributed by atoms with Gasteiger partial charge >= 0.3 is 0 Å². The van der Waals surface area contributed by atoms with Crippen LogP contribution >= 0.6 is 0 Å². The van der Waals surface area contributed by atoms with Crippen LogP contribution in [0.5, 0.6) is 0 Å². The molecular weight excluding hydrogens is 200 g/mol. The van der Waals surface area contributed by atoms with Crippen molar-refractivity contribution in [3.8, 4) is 0 Å². The maximum Gasteiger partial charge on any atom is 0.219 e. The molecule has 3 N–H and O–H groups in total. The first-order valence-corrected chi connectivity index (χ1v) is 6.65. The summed E-state index contributed by atoms with van der Waals surface area (Å²) in [5.41, 5.74) is 5.36. The summed E-state index contributed by atoms with van der Waals surface area (Å²) in [6.07, 6.45) is 7.80. The highest BCUT2D eigenvalue weighted by molar-refractivity contribution is 5.75. The molecule has 0 aliphatic heterocycles. The fourth-order valence-corrected chi connectivity index (χ4v) is 3.05. The minimum absolute atomic E-state index is 0.00479. The molecule has 3 nitrogen and oxygen atoms in total. The van der Waals surface area contributed by atoms with E-state index in [2.05, 4.69) is 19.2 Å². The molecule has 1 fully saturated rings. The summed E-state index contributed by atoms with van der Waals surface area (Å²) in [6, 6.07) is 0. The van der Waals surface area contributed by atoms with Crippen molar-refractivity contribution in [1.82, 2.24) is 5.32 Å². The molecule has 0 unspecified atom stereocenters. The predicted octanol–water partition coefficient (Wildman–Crippen LogP) is 2.20. The fraction of sp³-hybridized carbons (Fsp3) is 0.923. The third-order valence-electron chi connectivity index (χ3n) is 3.82. The van der Waals surface area contributed by atoms with Crippen LogP contribution in [0, 0.1) is 5.92 Å². The van der Waals surface area contributed by atoms with E-state index in [0.29, 0.717) is 6.42 Å². The van der Waals surface area contributed by atoms with Gasteiger partial charge < -0.3 is 11.1 Å². The number of primary amides is 1. The maximum absolute atomic E-state index is 11.1. The highest BCUT2D eigenvalue weighted by Gasteiger charge is 2.35. The second-order valence-electron chi connectivity index (χ2n) is 5.19. The lowest BCUT2D eigenvalue weighted by Crippen LogP contribution is -2.50.